The number of hydrogen-bond acceptors (Lipinski definition) is 4. The van der Waals surface area contributed by atoms with E-state index in [0.29, 0.717) is 5.75 Å². The van der Waals surface area contributed by atoms with Gasteiger partial charge in [0.2, 0.25) is 5.91 Å². The highest BCUT2D eigenvalue weighted by molar-refractivity contribution is 8.14. The summed E-state index contributed by atoms with van der Waals surface area (Å²) in [7, 11) is 0. The molecule has 2 atom stereocenters. The van der Waals surface area contributed by atoms with Crippen LogP contribution >= 0.6 is 11.8 Å². The average Bonchev–Trinajstić information content (AvgIpc) is 3.05. The summed E-state index contributed by atoms with van der Waals surface area (Å²) in [5.41, 5.74) is 1.08. The Bertz CT molecular complexity index is 532. The fourth-order valence-electron chi connectivity index (χ4n) is 2.91. The highest BCUT2D eigenvalue weighted by Crippen LogP contribution is 2.26. The Labute approximate surface area is 129 Å². The summed E-state index contributed by atoms with van der Waals surface area (Å²) in [4.78, 5) is 19.1. The fraction of sp³-hybridized carbons (Fsp3) is 0.500. The molecule has 0 saturated carbocycles. The van der Waals surface area contributed by atoms with Gasteiger partial charge in [-0.15, -0.1) is 11.8 Å². The lowest BCUT2D eigenvalue weighted by Crippen LogP contribution is -2.49. The van der Waals surface area contributed by atoms with Crippen molar-refractivity contribution in [2.45, 2.75) is 31.3 Å². The number of rotatable bonds is 3. The second-order valence-corrected chi connectivity index (χ2v) is 6.50. The third-order valence-corrected chi connectivity index (χ3v) is 5.17. The first-order valence-electron chi connectivity index (χ1n) is 7.47. The summed E-state index contributed by atoms with van der Waals surface area (Å²) in [6.07, 6.45) is 3.02. The van der Waals surface area contributed by atoms with Crippen LogP contribution in [0.15, 0.2) is 35.3 Å². The Hall–Kier alpha value is -1.33. The first-order chi connectivity index (χ1) is 10.3. The highest BCUT2D eigenvalue weighted by Gasteiger charge is 2.33. The number of piperidine rings is 1. The molecule has 4 nitrogen and oxygen atoms in total. The molecule has 2 heterocycles. The number of benzene rings is 1. The lowest BCUT2D eigenvalue weighted by Gasteiger charge is -2.35. The minimum absolute atomic E-state index is 0.0211. The molecule has 0 aromatic heterocycles. The van der Waals surface area contributed by atoms with Crippen LogP contribution in [0.5, 0.6) is 0 Å². The third-order valence-electron chi connectivity index (χ3n) is 4.08. The number of amides is 1. The van der Waals surface area contributed by atoms with Gasteiger partial charge in [-0.2, -0.15) is 0 Å². The SMILES string of the molecule is O=C(C1CSC(c2ccccc2)=N1)N1CCCCC1CO. The van der Waals surface area contributed by atoms with Crippen molar-refractivity contribution in [2.75, 3.05) is 18.9 Å². The van der Waals surface area contributed by atoms with Crippen LogP contribution in [0.3, 0.4) is 0 Å². The van der Waals surface area contributed by atoms with Crippen molar-refractivity contribution in [2.24, 2.45) is 4.99 Å². The van der Waals surface area contributed by atoms with Crippen LogP contribution in [-0.4, -0.2) is 51.9 Å². The quantitative estimate of drug-likeness (QED) is 0.928. The number of likely N-dealkylation sites (tertiary alicyclic amines) is 1. The lowest BCUT2D eigenvalue weighted by atomic mass is 10.0. The van der Waals surface area contributed by atoms with Crippen molar-refractivity contribution in [1.82, 2.24) is 4.90 Å². The predicted octanol–water partition coefficient (Wildman–Crippen LogP) is 1.92. The van der Waals surface area contributed by atoms with Gasteiger partial charge in [0.05, 0.1) is 17.7 Å². The summed E-state index contributed by atoms with van der Waals surface area (Å²) in [6.45, 7) is 0.808. The van der Waals surface area contributed by atoms with Gasteiger partial charge in [0.1, 0.15) is 6.04 Å². The molecule has 1 N–H and O–H groups in total. The maximum Gasteiger partial charge on any atom is 0.248 e. The Morgan fingerprint density at radius 2 is 2.14 bits per heavy atom. The predicted molar refractivity (Wildman–Crippen MR) is 85.7 cm³/mol. The van der Waals surface area contributed by atoms with Crippen LogP contribution in [0, 0.1) is 0 Å². The van der Waals surface area contributed by atoms with Gasteiger partial charge in [-0.3, -0.25) is 9.79 Å². The van der Waals surface area contributed by atoms with E-state index >= 15 is 0 Å². The van der Waals surface area contributed by atoms with Crippen LogP contribution in [-0.2, 0) is 4.79 Å². The summed E-state index contributed by atoms with van der Waals surface area (Å²) in [6, 6.07) is 9.68. The van der Waals surface area contributed by atoms with E-state index in [1.54, 1.807) is 11.8 Å². The standard InChI is InChI=1S/C16H20N2O2S/c19-10-13-8-4-5-9-18(13)16(20)14-11-21-15(17-14)12-6-2-1-3-7-12/h1-3,6-7,13-14,19H,4-5,8-11H2. The molecule has 5 heteroatoms. The number of carbonyl (C=O) groups excluding carboxylic acids is 1. The molecule has 112 valence electrons. The number of thioether (sulfide) groups is 1. The fourth-order valence-corrected chi connectivity index (χ4v) is 3.95. The van der Waals surface area contributed by atoms with Crippen LogP contribution in [0.2, 0.25) is 0 Å². The van der Waals surface area contributed by atoms with Gasteiger partial charge >= 0.3 is 0 Å². The number of aliphatic hydroxyl groups excluding tert-OH is 1. The Morgan fingerprint density at radius 3 is 2.90 bits per heavy atom. The topological polar surface area (TPSA) is 52.9 Å². The van der Waals surface area contributed by atoms with E-state index in [4.69, 9.17) is 0 Å². The van der Waals surface area contributed by atoms with Crippen molar-refractivity contribution in [3.05, 3.63) is 35.9 Å². The van der Waals surface area contributed by atoms with Crippen molar-refractivity contribution in [3.8, 4) is 0 Å². The lowest BCUT2D eigenvalue weighted by molar-refractivity contribution is -0.136. The van der Waals surface area contributed by atoms with Crippen molar-refractivity contribution < 1.29 is 9.90 Å². The van der Waals surface area contributed by atoms with Crippen molar-refractivity contribution >= 4 is 22.7 Å². The van der Waals surface area contributed by atoms with Gasteiger partial charge in [0.25, 0.3) is 0 Å². The molecule has 1 aromatic rings. The molecule has 0 spiro atoms. The maximum atomic E-state index is 12.6. The molecule has 1 saturated heterocycles. The van der Waals surface area contributed by atoms with Gasteiger partial charge in [0, 0.05) is 17.9 Å². The molecule has 0 aliphatic carbocycles. The van der Waals surface area contributed by atoms with Gasteiger partial charge in [-0.25, -0.2) is 0 Å². The molecular formula is C16H20N2O2S. The molecule has 2 aliphatic rings. The average molecular weight is 304 g/mol. The van der Waals surface area contributed by atoms with Gasteiger partial charge in [-0.05, 0) is 19.3 Å². The first-order valence-corrected chi connectivity index (χ1v) is 8.45. The third kappa shape index (κ3) is 3.14. The molecule has 2 unspecified atom stereocenters. The van der Waals surface area contributed by atoms with E-state index in [2.05, 4.69) is 4.99 Å². The number of aliphatic imine (C=N–C) groups is 1. The zero-order chi connectivity index (χ0) is 14.7. The zero-order valence-electron chi connectivity index (χ0n) is 11.9. The van der Waals surface area contributed by atoms with E-state index in [-0.39, 0.29) is 24.6 Å². The van der Waals surface area contributed by atoms with Crippen LogP contribution in [0.4, 0.5) is 0 Å². The number of carbonyl (C=O) groups is 1. The molecule has 0 bridgehead atoms. The molecule has 21 heavy (non-hydrogen) atoms. The van der Waals surface area contributed by atoms with Crippen molar-refractivity contribution in [3.63, 3.8) is 0 Å². The minimum atomic E-state index is -0.294. The van der Waals surface area contributed by atoms with Crippen LogP contribution in [0.25, 0.3) is 0 Å². The van der Waals surface area contributed by atoms with E-state index in [1.807, 2.05) is 35.2 Å². The smallest absolute Gasteiger partial charge is 0.248 e. The van der Waals surface area contributed by atoms with E-state index in [0.717, 1.165) is 36.4 Å². The van der Waals surface area contributed by atoms with E-state index < -0.39 is 0 Å². The number of nitrogens with zero attached hydrogens (tertiary/aromatic N) is 2. The first kappa shape index (κ1) is 14.6. The Kier molecular flexibility index (Phi) is 4.60. The second-order valence-electron chi connectivity index (χ2n) is 5.49. The molecule has 1 amide bonds. The van der Waals surface area contributed by atoms with Gasteiger partial charge in [-0.1, -0.05) is 30.3 Å². The molecule has 1 aromatic carbocycles. The number of aliphatic hydroxyl groups is 1. The van der Waals surface area contributed by atoms with Gasteiger partial charge < -0.3 is 10.0 Å². The molecule has 3 rings (SSSR count). The molecule has 0 radical (unpaired) electrons. The summed E-state index contributed by atoms with van der Waals surface area (Å²) in [5, 5.41) is 10.4. The monoisotopic (exact) mass is 304 g/mol. The largest absolute Gasteiger partial charge is 0.394 e. The normalized spacial score (nSPS) is 25.8. The summed E-state index contributed by atoms with van der Waals surface area (Å²) < 4.78 is 0. The van der Waals surface area contributed by atoms with Crippen LogP contribution < -0.4 is 0 Å². The summed E-state index contributed by atoms with van der Waals surface area (Å²) >= 11 is 1.64. The molecule has 1 fully saturated rings. The second kappa shape index (κ2) is 6.62. The van der Waals surface area contributed by atoms with Crippen molar-refractivity contribution in [1.29, 1.82) is 0 Å². The zero-order valence-corrected chi connectivity index (χ0v) is 12.8. The van der Waals surface area contributed by atoms with E-state index in [9.17, 15) is 9.90 Å². The molecular weight excluding hydrogens is 284 g/mol. The Balaban J connectivity index is 1.73. The van der Waals surface area contributed by atoms with Crippen LogP contribution in [0.1, 0.15) is 24.8 Å². The minimum Gasteiger partial charge on any atom is -0.394 e. The summed E-state index contributed by atoms with van der Waals surface area (Å²) in [5.74, 6) is 0.782. The maximum absolute atomic E-state index is 12.6. The highest BCUT2D eigenvalue weighted by atomic mass is 32.2. The molecule has 2 aliphatic heterocycles. The number of hydrogen-bond donors (Lipinski definition) is 1. The Morgan fingerprint density at radius 1 is 1.33 bits per heavy atom. The van der Waals surface area contributed by atoms with Gasteiger partial charge in [0.15, 0.2) is 0 Å². The van der Waals surface area contributed by atoms with E-state index in [1.165, 1.54) is 0 Å².